The third-order valence-corrected chi connectivity index (χ3v) is 6.28. The van der Waals surface area contributed by atoms with Crippen molar-refractivity contribution >= 4 is 17.7 Å². The van der Waals surface area contributed by atoms with Gasteiger partial charge in [-0.05, 0) is 60.6 Å². The fraction of sp³-hybridized carbons (Fsp3) is 0.286. The second-order valence-corrected chi connectivity index (χ2v) is 8.48. The molecule has 0 aliphatic carbocycles. The van der Waals surface area contributed by atoms with Crippen LogP contribution in [0, 0.1) is 5.92 Å². The van der Waals surface area contributed by atoms with Gasteiger partial charge in [0.05, 0.1) is 14.2 Å². The van der Waals surface area contributed by atoms with Gasteiger partial charge in [0, 0.05) is 25.4 Å². The van der Waals surface area contributed by atoms with Gasteiger partial charge in [0.1, 0.15) is 5.70 Å². The Balaban J connectivity index is 1.58. The number of rotatable bonds is 7. The van der Waals surface area contributed by atoms with Gasteiger partial charge in [0.2, 0.25) is 0 Å². The number of benzene rings is 2. The number of aromatic nitrogens is 1. The SMILES string of the molecule is COc1ccc(/C=C(\C(=O)N2CCC(Cc3ccccc3)CC2)n2ccccc2=O)cc1OC. The van der Waals surface area contributed by atoms with E-state index in [0.717, 1.165) is 24.8 Å². The minimum Gasteiger partial charge on any atom is -0.493 e. The number of ether oxygens (including phenoxy) is 2. The zero-order valence-corrected chi connectivity index (χ0v) is 19.6. The average molecular weight is 459 g/mol. The quantitative estimate of drug-likeness (QED) is 0.494. The standard InChI is InChI=1S/C28H30N2O4/c1-33-25-12-11-23(20-26(25)34-2)19-24(30-15-7-6-10-27(30)31)28(32)29-16-13-22(14-17-29)18-21-8-4-3-5-9-21/h3-12,15,19-20,22H,13-14,16-18H2,1-2H3/b24-19+. The van der Waals surface area contributed by atoms with Crippen LogP contribution < -0.4 is 15.0 Å². The van der Waals surface area contributed by atoms with Crippen LogP contribution in [0.1, 0.15) is 24.0 Å². The van der Waals surface area contributed by atoms with Crippen molar-refractivity contribution in [3.63, 3.8) is 0 Å². The maximum absolute atomic E-state index is 13.6. The Kier molecular flexibility index (Phi) is 7.48. The van der Waals surface area contributed by atoms with E-state index in [9.17, 15) is 9.59 Å². The van der Waals surface area contributed by atoms with E-state index in [1.165, 1.54) is 16.2 Å². The molecule has 0 bridgehead atoms. The van der Waals surface area contributed by atoms with Crippen molar-refractivity contribution in [3.05, 3.63) is 94.4 Å². The Morgan fingerprint density at radius 2 is 1.65 bits per heavy atom. The van der Waals surface area contributed by atoms with Gasteiger partial charge >= 0.3 is 0 Å². The van der Waals surface area contributed by atoms with Gasteiger partial charge in [-0.2, -0.15) is 0 Å². The maximum atomic E-state index is 13.6. The predicted molar refractivity (Wildman–Crippen MR) is 134 cm³/mol. The molecule has 0 N–H and O–H groups in total. The number of methoxy groups -OCH3 is 2. The normalized spacial score (nSPS) is 14.6. The molecule has 0 unspecified atom stereocenters. The fourth-order valence-electron chi connectivity index (χ4n) is 4.41. The first-order valence-electron chi connectivity index (χ1n) is 11.5. The molecule has 4 rings (SSSR count). The van der Waals surface area contributed by atoms with Gasteiger partial charge in [-0.25, -0.2) is 0 Å². The molecule has 1 saturated heterocycles. The van der Waals surface area contributed by atoms with Crippen LogP contribution in [0.4, 0.5) is 0 Å². The molecule has 1 aliphatic heterocycles. The van der Waals surface area contributed by atoms with E-state index in [2.05, 4.69) is 24.3 Å². The molecule has 0 spiro atoms. The summed E-state index contributed by atoms with van der Waals surface area (Å²) in [4.78, 5) is 28.1. The predicted octanol–water partition coefficient (Wildman–Crippen LogP) is 4.34. The first-order chi connectivity index (χ1) is 16.6. The molecule has 2 heterocycles. The third-order valence-electron chi connectivity index (χ3n) is 6.28. The molecular formula is C28H30N2O4. The van der Waals surface area contributed by atoms with E-state index in [0.29, 0.717) is 36.2 Å². The van der Waals surface area contributed by atoms with Gasteiger partial charge in [-0.1, -0.05) is 42.5 Å². The largest absolute Gasteiger partial charge is 0.493 e. The number of nitrogens with zero attached hydrogens (tertiary/aromatic N) is 2. The third kappa shape index (κ3) is 5.39. The van der Waals surface area contributed by atoms with Crippen LogP contribution in [0.15, 0.2) is 77.7 Å². The zero-order valence-electron chi connectivity index (χ0n) is 19.6. The number of hydrogen-bond donors (Lipinski definition) is 0. The minimum atomic E-state index is -0.249. The topological polar surface area (TPSA) is 60.8 Å². The Hall–Kier alpha value is -3.80. The minimum absolute atomic E-state index is 0.152. The van der Waals surface area contributed by atoms with Crippen LogP contribution >= 0.6 is 0 Å². The summed E-state index contributed by atoms with van der Waals surface area (Å²) in [6, 6.07) is 20.8. The molecular weight excluding hydrogens is 428 g/mol. The number of piperidine rings is 1. The van der Waals surface area contributed by atoms with E-state index in [-0.39, 0.29) is 11.5 Å². The second-order valence-electron chi connectivity index (χ2n) is 8.48. The molecule has 6 nitrogen and oxygen atoms in total. The van der Waals surface area contributed by atoms with Crippen LogP contribution in [0.25, 0.3) is 11.8 Å². The summed E-state index contributed by atoms with van der Waals surface area (Å²) in [5.74, 6) is 1.56. The van der Waals surface area contributed by atoms with Crippen molar-refractivity contribution < 1.29 is 14.3 Å². The highest BCUT2D eigenvalue weighted by Crippen LogP contribution is 2.29. The van der Waals surface area contributed by atoms with E-state index in [1.807, 2.05) is 17.0 Å². The number of carbonyl (C=O) groups is 1. The molecule has 0 saturated carbocycles. The van der Waals surface area contributed by atoms with E-state index < -0.39 is 0 Å². The summed E-state index contributed by atoms with van der Waals surface area (Å²) in [5.41, 5.74) is 2.15. The molecule has 1 amide bonds. The highest BCUT2D eigenvalue weighted by Gasteiger charge is 2.26. The lowest BCUT2D eigenvalue weighted by molar-refractivity contribution is -0.126. The summed E-state index contributed by atoms with van der Waals surface area (Å²) < 4.78 is 12.1. The molecule has 1 fully saturated rings. The van der Waals surface area contributed by atoms with E-state index >= 15 is 0 Å². The monoisotopic (exact) mass is 458 g/mol. The lowest BCUT2D eigenvalue weighted by Gasteiger charge is -2.33. The molecule has 2 aromatic carbocycles. The lowest BCUT2D eigenvalue weighted by Crippen LogP contribution is -2.41. The zero-order chi connectivity index (χ0) is 23.9. The van der Waals surface area contributed by atoms with Crippen LogP contribution in [0.2, 0.25) is 0 Å². The van der Waals surface area contributed by atoms with Crippen LogP contribution in [0.3, 0.4) is 0 Å². The molecule has 0 radical (unpaired) electrons. The Morgan fingerprint density at radius 1 is 0.941 bits per heavy atom. The molecule has 6 heteroatoms. The van der Waals surface area contributed by atoms with Gasteiger partial charge in [0.15, 0.2) is 11.5 Å². The van der Waals surface area contributed by atoms with Crippen molar-refractivity contribution in [3.8, 4) is 11.5 Å². The Morgan fingerprint density at radius 3 is 2.32 bits per heavy atom. The van der Waals surface area contributed by atoms with Crippen molar-refractivity contribution in [2.24, 2.45) is 5.92 Å². The summed E-state index contributed by atoms with van der Waals surface area (Å²) in [7, 11) is 3.14. The van der Waals surface area contributed by atoms with Gasteiger partial charge in [0.25, 0.3) is 11.5 Å². The molecule has 1 aliphatic rings. The highest BCUT2D eigenvalue weighted by atomic mass is 16.5. The Bertz CT molecular complexity index is 1210. The van der Waals surface area contributed by atoms with E-state index in [4.69, 9.17) is 9.47 Å². The Labute approximate surface area is 200 Å². The number of amides is 1. The summed E-state index contributed by atoms with van der Waals surface area (Å²) >= 11 is 0. The molecule has 0 atom stereocenters. The van der Waals surface area contributed by atoms with Crippen LogP contribution in [-0.4, -0.2) is 42.7 Å². The lowest BCUT2D eigenvalue weighted by atomic mass is 9.90. The molecule has 3 aromatic rings. The van der Waals surface area contributed by atoms with Crippen molar-refractivity contribution in [2.45, 2.75) is 19.3 Å². The number of pyridine rings is 1. The molecule has 34 heavy (non-hydrogen) atoms. The molecule has 1 aromatic heterocycles. The summed E-state index contributed by atoms with van der Waals surface area (Å²) in [6.07, 6.45) is 6.27. The first kappa shape index (κ1) is 23.4. The highest BCUT2D eigenvalue weighted by molar-refractivity contribution is 6.18. The summed E-state index contributed by atoms with van der Waals surface area (Å²) in [5, 5.41) is 0. The number of carbonyl (C=O) groups excluding carboxylic acids is 1. The van der Waals surface area contributed by atoms with Gasteiger partial charge < -0.3 is 14.4 Å². The second kappa shape index (κ2) is 10.9. The van der Waals surface area contributed by atoms with Crippen molar-refractivity contribution in [2.75, 3.05) is 27.3 Å². The molecule has 176 valence electrons. The van der Waals surface area contributed by atoms with Crippen LogP contribution in [-0.2, 0) is 11.2 Å². The summed E-state index contributed by atoms with van der Waals surface area (Å²) in [6.45, 7) is 1.34. The first-order valence-corrected chi connectivity index (χ1v) is 11.5. The van der Waals surface area contributed by atoms with E-state index in [1.54, 1.807) is 50.8 Å². The van der Waals surface area contributed by atoms with Crippen molar-refractivity contribution in [1.29, 1.82) is 0 Å². The average Bonchev–Trinajstić information content (AvgIpc) is 2.88. The van der Waals surface area contributed by atoms with Gasteiger partial charge in [-0.15, -0.1) is 0 Å². The van der Waals surface area contributed by atoms with Crippen LogP contribution in [0.5, 0.6) is 11.5 Å². The smallest absolute Gasteiger partial charge is 0.270 e. The van der Waals surface area contributed by atoms with Crippen molar-refractivity contribution in [1.82, 2.24) is 9.47 Å². The fourth-order valence-corrected chi connectivity index (χ4v) is 4.41. The van der Waals surface area contributed by atoms with Gasteiger partial charge in [-0.3, -0.25) is 14.2 Å². The number of hydrogen-bond acceptors (Lipinski definition) is 4. The maximum Gasteiger partial charge on any atom is 0.270 e. The number of likely N-dealkylation sites (tertiary alicyclic amines) is 1.